The summed E-state index contributed by atoms with van der Waals surface area (Å²) in [5, 5.41) is 21.6. The fourth-order valence-electron chi connectivity index (χ4n) is 8.97. The molecule has 5 atom stereocenters. The van der Waals surface area contributed by atoms with E-state index in [2.05, 4.69) is 68.9 Å². The molecule has 1 aromatic heterocycles. The molecule has 0 spiro atoms. The minimum atomic E-state index is -0.954. The predicted molar refractivity (Wildman–Crippen MR) is 190 cm³/mol. The van der Waals surface area contributed by atoms with Crippen molar-refractivity contribution in [3.63, 3.8) is 0 Å². The zero-order valence-electron chi connectivity index (χ0n) is 28.9. The third kappa shape index (κ3) is 6.26. The minimum Gasteiger partial charge on any atom is -0.385 e. The molecule has 2 aromatic carbocycles. The van der Waals surface area contributed by atoms with Gasteiger partial charge in [-0.3, -0.25) is 19.7 Å². The Labute approximate surface area is 293 Å². The molecule has 8 rings (SSSR count). The SMILES string of the molecule is CC(C)c1cnc(NC2CCN(c3ccc(C[C@H]4NC[C@@H]5C[C@](O)(c6ccc7c(c6)CN(C6CCC(=O)NC6=O)C7=O)C[C@H]54)cc3)CC2)nc1. The zero-order chi connectivity index (χ0) is 34.6. The van der Waals surface area contributed by atoms with Crippen molar-refractivity contribution in [3.8, 4) is 0 Å². The van der Waals surface area contributed by atoms with Gasteiger partial charge in [0.15, 0.2) is 0 Å². The third-order valence-corrected chi connectivity index (χ3v) is 11.9. The van der Waals surface area contributed by atoms with Crippen LogP contribution in [0.15, 0.2) is 54.9 Å². The molecule has 3 aromatic rings. The number of amides is 3. The zero-order valence-corrected chi connectivity index (χ0v) is 28.9. The summed E-state index contributed by atoms with van der Waals surface area (Å²) in [6.45, 7) is 7.47. The highest BCUT2D eigenvalue weighted by molar-refractivity contribution is 6.05. The van der Waals surface area contributed by atoms with Crippen LogP contribution < -0.4 is 20.9 Å². The van der Waals surface area contributed by atoms with E-state index >= 15 is 0 Å². The van der Waals surface area contributed by atoms with Gasteiger partial charge in [0, 0.05) is 61.8 Å². The highest BCUT2D eigenvalue weighted by Gasteiger charge is 2.51. The lowest BCUT2D eigenvalue weighted by Crippen LogP contribution is -2.52. The van der Waals surface area contributed by atoms with Crippen molar-refractivity contribution in [3.05, 3.63) is 82.7 Å². The first-order valence-electron chi connectivity index (χ1n) is 18.3. The first-order valence-corrected chi connectivity index (χ1v) is 18.3. The number of nitrogens with zero attached hydrogens (tertiary/aromatic N) is 4. The number of nitrogens with one attached hydrogen (secondary N) is 3. The number of rotatable bonds is 8. The van der Waals surface area contributed by atoms with Gasteiger partial charge >= 0.3 is 0 Å². The van der Waals surface area contributed by atoms with Crippen LogP contribution in [0.3, 0.4) is 0 Å². The number of carbonyl (C=O) groups is 3. The van der Waals surface area contributed by atoms with Crippen LogP contribution in [-0.4, -0.2) is 75.5 Å². The fourth-order valence-corrected chi connectivity index (χ4v) is 8.97. The number of carbonyl (C=O) groups excluding carboxylic acids is 3. The number of hydrogen-bond donors (Lipinski definition) is 4. The molecule has 1 unspecified atom stereocenters. The van der Waals surface area contributed by atoms with Crippen LogP contribution in [-0.2, 0) is 28.2 Å². The summed E-state index contributed by atoms with van der Waals surface area (Å²) in [6, 6.07) is 14.7. The number of aliphatic hydroxyl groups is 1. The molecule has 5 heterocycles. The van der Waals surface area contributed by atoms with E-state index in [4.69, 9.17) is 0 Å². The lowest BCUT2D eigenvalue weighted by molar-refractivity contribution is -0.136. The van der Waals surface area contributed by atoms with Crippen LogP contribution in [0.1, 0.15) is 90.9 Å². The van der Waals surface area contributed by atoms with Gasteiger partial charge in [-0.25, -0.2) is 9.97 Å². The second-order valence-electron chi connectivity index (χ2n) is 15.4. The Kier molecular flexibility index (Phi) is 8.59. The van der Waals surface area contributed by atoms with E-state index < -0.39 is 17.6 Å². The molecule has 4 fully saturated rings. The van der Waals surface area contributed by atoms with Gasteiger partial charge in [-0.05, 0) is 103 Å². The van der Waals surface area contributed by atoms with Crippen molar-refractivity contribution >= 4 is 29.4 Å². The largest absolute Gasteiger partial charge is 0.385 e. The monoisotopic (exact) mass is 677 g/mol. The number of anilines is 2. The van der Waals surface area contributed by atoms with Crippen LogP contribution in [0.5, 0.6) is 0 Å². The standard InChI is InChI=1S/C39H47N7O4/c1-23(2)27-20-41-38(42-21-27)43-29-11-13-45(14-12-29)30-6-3-24(4-7-30)15-33-32-18-39(50,17-26(32)19-40-33)28-5-8-31-25(16-28)22-46(37(31)49)34-9-10-35(47)44-36(34)48/h3-8,16,20-21,23,26,29,32-34,40,50H,9-15,17-19,22H2,1-2H3,(H,41,42,43)(H,44,47,48)/t26-,32+,33+,34?,39+/m0/s1. The van der Waals surface area contributed by atoms with Crippen molar-refractivity contribution in [2.75, 3.05) is 29.9 Å². The molecule has 1 aliphatic carbocycles. The molecular weight excluding hydrogens is 630 g/mol. The number of imide groups is 1. The van der Waals surface area contributed by atoms with E-state index in [0.717, 1.165) is 55.6 Å². The lowest BCUT2D eigenvalue weighted by atomic mass is 9.86. The molecule has 11 nitrogen and oxygen atoms in total. The number of piperidine rings is 2. The van der Waals surface area contributed by atoms with E-state index in [9.17, 15) is 19.5 Å². The molecule has 50 heavy (non-hydrogen) atoms. The van der Waals surface area contributed by atoms with E-state index in [1.54, 1.807) is 11.0 Å². The Morgan fingerprint density at radius 3 is 2.48 bits per heavy atom. The van der Waals surface area contributed by atoms with Gasteiger partial charge in [0.05, 0.1) is 5.60 Å². The maximum Gasteiger partial charge on any atom is 0.255 e. The summed E-state index contributed by atoms with van der Waals surface area (Å²) in [5.41, 5.74) is 5.01. The maximum atomic E-state index is 13.2. The first kappa shape index (κ1) is 32.8. The van der Waals surface area contributed by atoms with Crippen molar-refractivity contribution in [2.45, 2.75) is 95.0 Å². The summed E-state index contributed by atoms with van der Waals surface area (Å²) >= 11 is 0. The molecule has 0 bridgehead atoms. The first-order chi connectivity index (χ1) is 24.1. The van der Waals surface area contributed by atoms with Crippen molar-refractivity contribution < 1.29 is 19.5 Å². The van der Waals surface area contributed by atoms with E-state index in [-0.39, 0.29) is 24.3 Å². The Bertz CT molecular complexity index is 1770. The second kappa shape index (κ2) is 13.1. The Balaban J connectivity index is 0.857. The third-order valence-electron chi connectivity index (χ3n) is 11.9. The molecule has 3 amide bonds. The second-order valence-corrected chi connectivity index (χ2v) is 15.4. The maximum absolute atomic E-state index is 13.2. The molecule has 11 heteroatoms. The predicted octanol–water partition coefficient (Wildman–Crippen LogP) is 3.87. The van der Waals surface area contributed by atoms with Crippen LogP contribution in [0.2, 0.25) is 0 Å². The topological polar surface area (TPSA) is 140 Å². The number of aromatic nitrogens is 2. The van der Waals surface area contributed by atoms with Crippen LogP contribution in [0, 0.1) is 11.8 Å². The van der Waals surface area contributed by atoms with Crippen molar-refractivity contribution in [1.82, 2.24) is 25.5 Å². The van der Waals surface area contributed by atoms with Gasteiger partial charge in [0.2, 0.25) is 17.8 Å². The Hall–Kier alpha value is -4.35. The normalized spacial score (nSPS) is 28.3. The molecule has 262 valence electrons. The van der Waals surface area contributed by atoms with Gasteiger partial charge < -0.3 is 25.5 Å². The van der Waals surface area contributed by atoms with Crippen molar-refractivity contribution in [1.29, 1.82) is 0 Å². The fraction of sp³-hybridized carbons (Fsp3) is 0.513. The Morgan fingerprint density at radius 1 is 1.00 bits per heavy atom. The summed E-state index contributed by atoms with van der Waals surface area (Å²) in [7, 11) is 0. The molecule has 5 aliphatic rings. The average molecular weight is 678 g/mol. The van der Waals surface area contributed by atoms with Gasteiger partial charge in [0.25, 0.3) is 5.91 Å². The average Bonchev–Trinajstić information content (AvgIpc) is 3.76. The lowest BCUT2D eigenvalue weighted by Gasteiger charge is -2.34. The molecule has 4 N–H and O–H groups in total. The molecule has 3 saturated heterocycles. The van der Waals surface area contributed by atoms with Gasteiger partial charge in [-0.1, -0.05) is 38.1 Å². The molecule has 1 saturated carbocycles. The summed E-state index contributed by atoms with van der Waals surface area (Å²) in [4.78, 5) is 50.4. The van der Waals surface area contributed by atoms with Crippen LogP contribution in [0.4, 0.5) is 11.6 Å². The van der Waals surface area contributed by atoms with Gasteiger partial charge in [0.1, 0.15) is 6.04 Å². The van der Waals surface area contributed by atoms with Gasteiger partial charge in [-0.15, -0.1) is 0 Å². The summed E-state index contributed by atoms with van der Waals surface area (Å²) in [5.74, 6) is 0.976. The Morgan fingerprint density at radius 2 is 1.76 bits per heavy atom. The van der Waals surface area contributed by atoms with E-state index in [1.165, 1.54) is 11.3 Å². The van der Waals surface area contributed by atoms with E-state index in [1.807, 2.05) is 24.5 Å². The number of benzene rings is 2. The smallest absolute Gasteiger partial charge is 0.255 e. The summed E-state index contributed by atoms with van der Waals surface area (Å²) in [6.07, 6.45) is 8.75. The van der Waals surface area contributed by atoms with E-state index in [0.29, 0.717) is 61.1 Å². The number of fused-ring (bicyclic) bond motifs is 2. The molecule has 0 radical (unpaired) electrons. The van der Waals surface area contributed by atoms with Crippen molar-refractivity contribution in [2.24, 2.45) is 11.8 Å². The quantitative estimate of drug-likeness (QED) is 0.262. The highest BCUT2D eigenvalue weighted by Crippen LogP contribution is 2.50. The highest BCUT2D eigenvalue weighted by atomic mass is 16.3. The summed E-state index contributed by atoms with van der Waals surface area (Å²) < 4.78 is 0. The van der Waals surface area contributed by atoms with Crippen LogP contribution >= 0.6 is 0 Å². The minimum absolute atomic E-state index is 0.189. The molecular formula is C39H47N7O4. The van der Waals surface area contributed by atoms with Gasteiger partial charge in [-0.2, -0.15) is 0 Å². The number of hydrogen-bond acceptors (Lipinski definition) is 9. The molecule has 4 aliphatic heterocycles. The van der Waals surface area contributed by atoms with Crippen LogP contribution in [0.25, 0.3) is 0 Å².